The maximum absolute atomic E-state index is 12.1. The molecule has 0 spiro atoms. The number of aliphatic hydroxyl groups is 1. The molecule has 0 aromatic carbocycles. The van der Waals surface area contributed by atoms with Crippen LogP contribution >= 0.6 is 11.3 Å². The van der Waals surface area contributed by atoms with Crippen LogP contribution in [0.3, 0.4) is 0 Å². The lowest BCUT2D eigenvalue weighted by molar-refractivity contribution is -0.146. The van der Waals surface area contributed by atoms with Crippen LogP contribution in [0.25, 0.3) is 0 Å². The van der Waals surface area contributed by atoms with Gasteiger partial charge < -0.3 is 14.7 Å². The summed E-state index contributed by atoms with van der Waals surface area (Å²) in [5, 5.41) is 12.1. The number of thiophene rings is 1. The zero-order valence-corrected chi connectivity index (χ0v) is 14.3. The highest BCUT2D eigenvalue weighted by Gasteiger charge is 2.23. The third-order valence-electron chi connectivity index (χ3n) is 3.88. The Balaban J connectivity index is 1.69. The first-order valence-electron chi connectivity index (χ1n) is 7.97. The number of rotatable bonds is 7. The van der Waals surface area contributed by atoms with Crippen molar-refractivity contribution in [3.8, 4) is 0 Å². The van der Waals surface area contributed by atoms with E-state index in [4.69, 9.17) is 4.74 Å². The molecule has 1 N–H and O–H groups in total. The number of β-amino-alcohol motifs (C(OH)–C–C–N with tert-alkyl or cyclic N) is 1. The maximum Gasteiger partial charge on any atom is 0.306 e. The van der Waals surface area contributed by atoms with E-state index in [0.717, 1.165) is 18.0 Å². The first-order chi connectivity index (χ1) is 11.1. The standard InChI is InChI=1S/C16H24N2O4S/c1-2-22-16(21)6-5-15(20)18-9-7-17(8-10-18)12-13(19)14-4-3-11-23-14/h3-4,11,13,19H,2,5-10,12H2,1H3/t13-/m0/s1. The summed E-state index contributed by atoms with van der Waals surface area (Å²) in [4.78, 5) is 28.3. The van der Waals surface area contributed by atoms with E-state index in [1.165, 1.54) is 0 Å². The quantitative estimate of drug-likeness (QED) is 0.757. The topological polar surface area (TPSA) is 70.1 Å². The van der Waals surface area contributed by atoms with Gasteiger partial charge in [-0.15, -0.1) is 11.3 Å². The average Bonchev–Trinajstić information content (AvgIpc) is 3.08. The van der Waals surface area contributed by atoms with E-state index in [9.17, 15) is 14.7 Å². The molecule has 23 heavy (non-hydrogen) atoms. The van der Waals surface area contributed by atoms with E-state index in [1.54, 1.807) is 23.2 Å². The second kappa shape index (κ2) is 9.00. The summed E-state index contributed by atoms with van der Waals surface area (Å²) in [6, 6.07) is 3.87. The number of esters is 1. The Morgan fingerprint density at radius 2 is 2.04 bits per heavy atom. The summed E-state index contributed by atoms with van der Waals surface area (Å²) in [5.74, 6) is -0.324. The Bertz CT molecular complexity index is 498. The highest BCUT2D eigenvalue weighted by Crippen LogP contribution is 2.20. The number of aliphatic hydroxyl groups excluding tert-OH is 1. The van der Waals surface area contributed by atoms with Gasteiger partial charge in [-0.05, 0) is 18.4 Å². The van der Waals surface area contributed by atoms with Crippen molar-refractivity contribution < 1.29 is 19.4 Å². The number of ether oxygens (including phenoxy) is 1. The van der Waals surface area contributed by atoms with Gasteiger partial charge in [0.2, 0.25) is 5.91 Å². The zero-order chi connectivity index (χ0) is 16.7. The number of piperazine rings is 1. The number of hydrogen-bond acceptors (Lipinski definition) is 6. The molecule has 1 aromatic heterocycles. The molecule has 128 valence electrons. The molecular weight excluding hydrogens is 316 g/mol. The van der Waals surface area contributed by atoms with Gasteiger partial charge in [0.05, 0.1) is 13.0 Å². The minimum Gasteiger partial charge on any atom is -0.466 e. The van der Waals surface area contributed by atoms with E-state index in [2.05, 4.69) is 4.90 Å². The van der Waals surface area contributed by atoms with Gasteiger partial charge in [-0.3, -0.25) is 14.5 Å². The van der Waals surface area contributed by atoms with Crippen LogP contribution in [0.15, 0.2) is 17.5 Å². The van der Waals surface area contributed by atoms with E-state index in [0.29, 0.717) is 26.2 Å². The van der Waals surface area contributed by atoms with Gasteiger partial charge in [0, 0.05) is 44.0 Å². The van der Waals surface area contributed by atoms with Gasteiger partial charge >= 0.3 is 5.97 Å². The number of amides is 1. The Morgan fingerprint density at radius 1 is 1.30 bits per heavy atom. The van der Waals surface area contributed by atoms with E-state index in [1.807, 2.05) is 17.5 Å². The molecule has 1 atom stereocenters. The summed E-state index contributed by atoms with van der Waals surface area (Å²) < 4.78 is 4.83. The van der Waals surface area contributed by atoms with Gasteiger partial charge in [0.25, 0.3) is 0 Å². The average molecular weight is 340 g/mol. The van der Waals surface area contributed by atoms with Crippen molar-refractivity contribution in [1.82, 2.24) is 9.80 Å². The molecule has 0 saturated carbocycles. The summed E-state index contributed by atoms with van der Waals surface area (Å²) in [7, 11) is 0. The number of carbonyl (C=O) groups is 2. The van der Waals surface area contributed by atoms with Crippen LogP contribution in [-0.2, 0) is 14.3 Å². The number of nitrogens with zero attached hydrogens (tertiary/aromatic N) is 2. The Hall–Kier alpha value is -1.44. The molecule has 7 heteroatoms. The molecule has 0 aliphatic carbocycles. The SMILES string of the molecule is CCOC(=O)CCC(=O)N1CCN(C[C@H](O)c2cccs2)CC1. The Morgan fingerprint density at radius 3 is 2.65 bits per heavy atom. The highest BCUT2D eigenvalue weighted by atomic mass is 32.1. The highest BCUT2D eigenvalue weighted by molar-refractivity contribution is 7.10. The molecule has 1 aliphatic rings. The van der Waals surface area contributed by atoms with Crippen molar-refractivity contribution in [1.29, 1.82) is 0 Å². The van der Waals surface area contributed by atoms with E-state index < -0.39 is 6.10 Å². The molecule has 1 aliphatic heterocycles. The Kier molecular flexibility index (Phi) is 7.01. The van der Waals surface area contributed by atoms with E-state index in [-0.39, 0.29) is 24.7 Å². The fourth-order valence-electron chi connectivity index (χ4n) is 2.60. The smallest absolute Gasteiger partial charge is 0.306 e. The molecule has 2 heterocycles. The van der Waals surface area contributed by atoms with Crippen LogP contribution < -0.4 is 0 Å². The van der Waals surface area contributed by atoms with Crippen molar-refractivity contribution in [2.24, 2.45) is 0 Å². The lowest BCUT2D eigenvalue weighted by atomic mass is 10.2. The van der Waals surface area contributed by atoms with Crippen LogP contribution in [0.1, 0.15) is 30.7 Å². The van der Waals surface area contributed by atoms with E-state index >= 15 is 0 Å². The van der Waals surface area contributed by atoms with Crippen LogP contribution in [0.4, 0.5) is 0 Å². The van der Waals surface area contributed by atoms with Gasteiger partial charge in [-0.25, -0.2) is 0 Å². The van der Waals surface area contributed by atoms with Crippen LogP contribution in [0.2, 0.25) is 0 Å². The van der Waals surface area contributed by atoms with Crippen molar-refractivity contribution in [3.63, 3.8) is 0 Å². The summed E-state index contributed by atoms with van der Waals surface area (Å²) >= 11 is 1.55. The predicted molar refractivity (Wildman–Crippen MR) is 88.2 cm³/mol. The number of carbonyl (C=O) groups excluding carboxylic acids is 2. The molecule has 0 unspecified atom stereocenters. The molecule has 1 amide bonds. The van der Waals surface area contributed by atoms with Gasteiger partial charge in [-0.2, -0.15) is 0 Å². The van der Waals surface area contributed by atoms with Crippen molar-refractivity contribution >= 4 is 23.2 Å². The molecule has 0 radical (unpaired) electrons. The molecular formula is C16H24N2O4S. The van der Waals surface area contributed by atoms with Crippen LogP contribution in [-0.4, -0.2) is 66.1 Å². The molecule has 1 saturated heterocycles. The second-order valence-corrected chi connectivity index (χ2v) is 6.50. The van der Waals surface area contributed by atoms with Gasteiger partial charge in [-0.1, -0.05) is 6.07 Å². The lowest BCUT2D eigenvalue weighted by Gasteiger charge is -2.35. The van der Waals surface area contributed by atoms with Crippen molar-refractivity contribution in [2.75, 3.05) is 39.3 Å². The monoisotopic (exact) mass is 340 g/mol. The van der Waals surface area contributed by atoms with Crippen LogP contribution in [0.5, 0.6) is 0 Å². The molecule has 2 rings (SSSR count). The molecule has 0 bridgehead atoms. The first kappa shape index (κ1) is 17.9. The fraction of sp³-hybridized carbons (Fsp3) is 0.625. The molecule has 6 nitrogen and oxygen atoms in total. The lowest BCUT2D eigenvalue weighted by Crippen LogP contribution is -2.49. The predicted octanol–water partition coefficient (Wildman–Crippen LogP) is 1.27. The zero-order valence-electron chi connectivity index (χ0n) is 13.4. The van der Waals surface area contributed by atoms with Crippen LogP contribution in [0, 0.1) is 0 Å². The minimum atomic E-state index is -0.471. The summed E-state index contributed by atoms with van der Waals surface area (Å²) in [6.07, 6.45) is -0.123. The third-order valence-corrected chi connectivity index (χ3v) is 4.85. The molecule has 1 fully saturated rings. The number of hydrogen-bond donors (Lipinski definition) is 1. The normalized spacial score (nSPS) is 17.0. The van der Waals surface area contributed by atoms with Crippen molar-refractivity contribution in [3.05, 3.63) is 22.4 Å². The first-order valence-corrected chi connectivity index (χ1v) is 8.85. The van der Waals surface area contributed by atoms with Gasteiger partial charge in [0.1, 0.15) is 6.10 Å². The second-order valence-electron chi connectivity index (χ2n) is 5.52. The molecule has 1 aromatic rings. The third kappa shape index (κ3) is 5.60. The Labute approximate surface area is 140 Å². The summed E-state index contributed by atoms with van der Waals surface area (Å²) in [6.45, 7) is 5.45. The summed E-state index contributed by atoms with van der Waals surface area (Å²) in [5.41, 5.74) is 0. The van der Waals surface area contributed by atoms with Crippen molar-refractivity contribution in [2.45, 2.75) is 25.9 Å². The minimum absolute atomic E-state index is 0.00323. The largest absolute Gasteiger partial charge is 0.466 e. The maximum atomic E-state index is 12.1. The fourth-order valence-corrected chi connectivity index (χ4v) is 3.30. The van der Waals surface area contributed by atoms with Gasteiger partial charge in [0.15, 0.2) is 0 Å².